The van der Waals surface area contributed by atoms with Crippen LogP contribution in [0.15, 0.2) is 0 Å². The van der Waals surface area contributed by atoms with E-state index in [4.69, 9.17) is 0 Å². The molecule has 0 aromatic rings. The largest absolute Gasteiger partial charge is 0.300 e. The molecule has 1 saturated heterocycles. The summed E-state index contributed by atoms with van der Waals surface area (Å²) in [5.74, 6) is 2.05. The molecule has 0 aromatic carbocycles. The number of rotatable bonds is 3. The van der Waals surface area contributed by atoms with Crippen LogP contribution in [0, 0.1) is 11.8 Å². The van der Waals surface area contributed by atoms with Crippen molar-refractivity contribution in [1.82, 2.24) is 4.90 Å². The number of nitrogens with zero attached hydrogens (tertiary/aromatic N) is 1. The minimum Gasteiger partial charge on any atom is -0.300 e. The van der Waals surface area contributed by atoms with Crippen molar-refractivity contribution in [2.45, 2.75) is 52.0 Å². The fourth-order valence-corrected chi connectivity index (χ4v) is 2.68. The topological polar surface area (TPSA) is 3.24 Å². The Morgan fingerprint density at radius 3 is 2.69 bits per heavy atom. The van der Waals surface area contributed by atoms with E-state index in [2.05, 4.69) is 18.7 Å². The number of likely N-dealkylation sites (tertiary alicyclic amines) is 1. The molecular formula is C12H23N. The third-order valence-corrected chi connectivity index (χ3v) is 4.01. The first-order valence-electron chi connectivity index (χ1n) is 6.05. The van der Waals surface area contributed by atoms with Gasteiger partial charge in [0.05, 0.1) is 0 Å². The maximum atomic E-state index is 2.75. The number of piperidine rings is 1. The van der Waals surface area contributed by atoms with E-state index < -0.39 is 0 Å². The molecule has 0 radical (unpaired) electrons. The van der Waals surface area contributed by atoms with Crippen molar-refractivity contribution < 1.29 is 0 Å². The third-order valence-electron chi connectivity index (χ3n) is 4.01. The highest BCUT2D eigenvalue weighted by atomic mass is 15.2. The second-order valence-corrected chi connectivity index (χ2v) is 4.99. The Morgan fingerprint density at radius 1 is 1.31 bits per heavy atom. The summed E-state index contributed by atoms with van der Waals surface area (Å²) in [5, 5.41) is 0. The molecule has 13 heavy (non-hydrogen) atoms. The molecule has 2 atom stereocenters. The molecule has 76 valence electrons. The average molecular weight is 181 g/mol. The SMILES string of the molecule is CCC1CCCN(C(C)C2CC2)C1. The molecule has 0 amide bonds. The van der Waals surface area contributed by atoms with Crippen LogP contribution in [-0.2, 0) is 0 Å². The minimum atomic E-state index is 0.884. The molecule has 1 heterocycles. The summed E-state index contributed by atoms with van der Waals surface area (Å²) in [5.41, 5.74) is 0. The van der Waals surface area contributed by atoms with Gasteiger partial charge in [0.1, 0.15) is 0 Å². The lowest BCUT2D eigenvalue weighted by molar-refractivity contribution is 0.117. The molecule has 1 aliphatic carbocycles. The summed E-state index contributed by atoms with van der Waals surface area (Å²) in [6, 6.07) is 0.884. The maximum absolute atomic E-state index is 2.75. The monoisotopic (exact) mass is 181 g/mol. The van der Waals surface area contributed by atoms with Gasteiger partial charge in [-0.05, 0) is 51.0 Å². The molecule has 0 N–H and O–H groups in total. The minimum absolute atomic E-state index is 0.884. The molecule has 2 aliphatic rings. The van der Waals surface area contributed by atoms with E-state index in [1.54, 1.807) is 0 Å². The van der Waals surface area contributed by atoms with Gasteiger partial charge in [-0.2, -0.15) is 0 Å². The van der Waals surface area contributed by atoms with E-state index in [9.17, 15) is 0 Å². The Kier molecular flexibility index (Phi) is 2.92. The smallest absolute Gasteiger partial charge is 0.00953 e. The van der Waals surface area contributed by atoms with Crippen LogP contribution in [-0.4, -0.2) is 24.0 Å². The van der Waals surface area contributed by atoms with Gasteiger partial charge < -0.3 is 4.90 Å². The lowest BCUT2D eigenvalue weighted by atomic mass is 9.94. The van der Waals surface area contributed by atoms with E-state index in [1.807, 2.05) is 0 Å². The van der Waals surface area contributed by atoms with Gasteiger partial charge in [-0.1, -0.05) is 13.3 Å². The van der Waals surface area contributed by atoms with Gasteiger partial charge in [0, 0.05) is 12.6 Å². The van der Waals surface area contributed by atoms with Crippen LogP contribution in [0.25, 0.3) is 0 Å². The summed E-state index contributed by atoms with van der Waals surface area (Å²) < 4.78 is 0. The second-order valence-electron chi connectivity index (χ2n) is 4.99. The summed E-state index contributed by atoms with van der Waals surface area (Å²) in [7, 11) is 0. The second kappa shape index (κ2) is 4.00. The Balaban J connectivity index is 1.83. The highest BCUT2D eigenvalue weighted by molar-refractivity contribution is 4.87. The van der Waals surface area contributed by atoms with Crippen molar-refractivity contribution in [3.63, 3.8) is 0 Å². The highest BCUT2D eigenvalue weighted by Gasteiger charge is 2.33. The molecule has 0 aromatic heterocycles. The summed E-state index contributed by atoms with van der Waals surface area (Å²) in [4.78, 5) is 2.75. The predicted molar refractivity (Wildman–Crippen MR) is 56.8 cm³/mol. The Morgan fingerprint density at radius 2 is 2.08 bits per heavy atom. The van der Waals surface area contributed by atoms with Gasteiger partial charge in [0.15, 0.2) is 0 Å². The predicted octanol–water partition coefficient (Wildman–Crippen LogP) is 2.91. The van der Waals surface area contributed by atoms with Crippen LogP contribution in [0.4, 0.5) is 0 Å². The summed E-state index contributed by atoms with van der Waals surface area (Å²) in [6.07, 6.45) is 7.29. The third kappa shape index (κ3) is 2.25. The van der Waals surface area contributed by atoms with Crippen molar-refractivity contribution in [2.75, 3.05) is 13.1 Å². The normalized spacial score (nSPS) is 33.2. The van der Waals surface area contributed by atoms with E-state index >= 15 is 0 Å². The lowest BCUT2D eigenvalue weighted by Crippen LogP contribution is -2.42. The summed E-state index contributed by atoms with van der Waals surface area (Å²) >= 11 is 0. The highest BCUT2D eigenvalue weighted by Crippen LogP contribution is 2.36. The Labute approximate surface area is 82.5 Å². The molecule has 1 saturated carbocycles. The van der Waals surface area contributed by atoms with Crippen molar-refractivity contribution >= 4 is 0 Å². The molecule has 1 heteroatoms. The van der Waals surface area contributed by atoms with Gasteiger partial charge >= 0.3 is 0 Å². The molecule has 0 bridgehead atoms. The summed E-state index contributed by atoms with van der Waals surface area (Å²) in [6.45, 7) is 7.54. The van der Waals surface area contributed by atoms with E-state index in [-0.39, 0.29) is 0 Å². The van der Waals surface area contributed by atoms with Crippen LogP contribution in [0.3, 0.4) is 0 Å². The molecular weight excluding hydrogens is 158 g/mol. The van der Waals surface area contributed by atoms with Gasteiger partial charge in [-0.15, -0.1) is 0 Å². The molecule has 1 nitrogen and oxygen atoms in total. The first-order valence-corrected chi connectivity index (χ1v) is 6.05. The fourth-order valence-electron chi connectivity index (χ4n) is 2.68. The average Bonchev–Trinajstić information content (AvgIpc) is 3.00. The van der Waals surface area contributed by atoms with Crippen molar-refractivity contribution in [1.29, 1.82) is 0 Å². The Bertz CT molecular complexity index is 163. The van der Waals surface area contributed by atoms with E-state index in [0.717, 1.165) is 17.9 Å². The quantitative estimate of drug-likeness (QED) is 0.647. The van der Waals surface area contributed by atoms with Crippen LogP contribution in [0.2, 0.25) is 0 Å². The molecule has 0 spiro atoms. The molecule has 2 rings (SSSR count). The van der Waals surface area contributed by atoms with Crippen LogP contribution in [0.1, 0.15) is 46.0 Å². The van der Waals surface area contributed by atoms with Gasteiger partial charge in [-0.25, -0.2) is 0 Å². The van der Waals surface area contributed by atoms with Crippen LogP contribution in [0.5, 0.6) is 0 Å². The zero-order chi connectivity index (χ0) is 9.26. The first-order chi connectivity index (χ1) is 6.31. The molecule has 2 fully saturated rings. The van der Waals surface area contributed by atoms with Crippen molar-refractivity contribution in [3.8, 4) is 0 Å². The lowest BCUT2D eigenvalue weighted by Gasteiger charge is -2.36. The van der Waals surface area contributed by atoms with E-state index in [0.29, 0.717) is 0 Å². The molecule has 2 unspecified atom stereocenters. The number of hydrogen-bond donors (Lipinski definition) is 0. The zero-order valence-electron chi connectivity index (χ0n) is 9.13. The Hall–Kier alpha value is -0.0400. The van der Waals surface area contributed by atoms with Crippen LogP contribution < -0.4 is 0 Å². The van der Waals surface area contributed by atoms with Gasteiger partial charge in [-0.3, -0.25) is 0 Å². The standard InChI is InChI=1S/C12H23N/c1-3-11-5-4-8-13(9-11)10(2)12-6-7-12/h10-12H,3-9H2,1-2H3. The molecule has 1 aliphatic heterocycles. The van der Waals surface area contributed by atoms with Gasteiger partial charge in [0.25, 0.3) is 0 Å². The van der Waals surface area contributed by atoms with Crippen molar-refractivity contribution in [2.24, 2.45) is 11.8 Å². The van der Waals surface area contributed by atoms with Gasteiger partial charge in [0.2, 0.25) is 0 Å². The maximum Gasteiger partial charge on any atom is 0.00953 e. The van der Waals surface area contributed by atoms with Crippen LogP contribution >= 0.6 is 0 Å². The van der Waals surface area contributed by atoms with Crippen molar-refractivity contribution in [3.05, 3.63) is 0 Å². The van der Waals surface area contributed by atoms with E-state index in [1.165, 1.54) is 45.2 Å². The fraction of sp³-hybridized carbons (Fsp3) is 1.00. The number of hydrogen-bond acceptors (Lipinski definition) is 1. The first kappa shape index (κ1) is 9.51. The zero-order valence-corrected chi connectivity index (χ0v) is 9.13.